The van der Waals surface area contributed by atoms with Crippen molar-refractivity contribution in [1.82, 2.24) is 5.32 Å². The van der Waals surface area contributed by atoms with Crippen LogP contribution in [-0.2, 0) is 4.79 Å². The molecule has 2 N–H and O–H groups in total. The summed E-state index contributed by atoms with van der Waals surface area (Å²) in [7, 11) is 0. The van der Waals surface area contributed by atoms with Crippen molar-refractivity contribution in [2.75, 3.05) is 6.54 Å². The summed E-state index contributed by atoms with van der Waals surface area (Å²) in [5.41, 5.74) is 0. The summed E-state index contributed by atoms with van der Waals surface area (Å²) in [6.07, 6.45) is 21.1. The molecule has 0 aromatic rings. The van der Waals surface area contributed by atoms with Crippen LogP contribution >= 0.6 is 0 Å². The highest BCUT2D eigenvalue weighted by Gasteiger charge is 2.33. The van der Waals surface area contributed by atoms with Crippen LogP contribution in [0.4, 0.5) is 0 Å². The minimum Gasteiger partial charge on any atom is -0.481 e. The Morgan fingerprint density at radius 2 is 1.33 bits per heavy atom. The van der Waals surface area contributed by atoms with E-state index in [0.29, 0.717) is 0 Å². The number of hydrogen-bond acceptors (Lipinski definition) is 2. The van der Waals surface area contributed by atoms with Gasteiger partial charge in [0.1, 0.15) is 0 Å². The van der Waals surface area contributed by atoms with Gasteiger partial charge in [0.15, 0.2) is 0 Å². The van der Waals surface area contributed by atoms with Crippen molar-refractivity contribution < 1.29 is 9.90 Å². The molecule has 3 aliphatic rings. The molecule has 0 aromatic heterocycles. The first-order valence-corrected chi connectivity index (χ1v) is 10.6. The first kappa shape index (κ1) is 19.8. The SMILES string of the molecule is C1CCC(C(CC2CCCCN2)C2CCCCC2)CC1.CC(=O)O. The molecule has 1 unspecified atom stereocenters. The number of rotatable bonds is 4. The molecule has 0 amide bonds. The van der Waals surface area contributed by atoms with Gasteiger partial charge in [-0.05, 0) is 43.6 Å². The average molecular weight is 338 g/mol. The highest BCUT2D eigenvalue weighted by atomic mass is 16.4. The van der Waals surface area contributed by atoms with E-state index < -0.39 is 5.97 Å². The van der Waals surface area contributed by atoms with Crippen LogP contribution in [0.5, 0.6) is 0 Å². The highest BCUT2D eigenvalue weighted by molar-refractivity contribution is 5.62. The maximum atomic E-state index is 9.00. The van der Waals surface area contributed by atoms with E-state index in [1.807, 2.05) is 0 Å². The van der Waals surface area contributed by atoms with Crippen LogP contribution in [0.3, 0.4) is 0 Å². The molecule has 3 heteroatoms. The van der Waals surface area contributed by atoms with Gasteiger partial charge in [0.05, 0.1) is 0 Å². The van der Waals surface area contributed by atoms with Crippen LogP contribution in [0.1, 0.15) is 96.8 Å². The summed E-state index contributed by atoms with van der Waals surface area (Å²) in [6.45, 7) is 2.37. The molecule has 0 aromatic carbocycles. The first-order chi connectivity index (χ1) is 11.7. The number of hydrogen-bond donors (Lipinski definition) is 2. The summed E-state index contributed by atoms with van der Waals surface area (Å²) in [4.78, 5) is 9.00. The molecule has 0 radical (unpaired) electrons. The predicted octanol–water partition coefficient (Wildman–Crippen LogP) is 5.39. The van der Waals surface area contributed by atoms with Gasteiger partial charge in [0.25, 0.3) is 5.97 Å². The van der Waals surface area contributed by atoms with E-state index in [9.17, 15) is 0 Å². The van der Waals surface area contributed by atoms with Crippen molar-refractivity contribution in [3.8, 4) is 0 Å². The van der Waals surface area contributed by atoms with Gasteiger partial charge in [-0.25, -0.2) is 0 Å². The predicted molar refractivity (Wildman–Crippen MR) is 100 cm³/mol. The standard InChI is InChI=1S/C19H35N.C2H4O2/c1-3-9-16(10-4-1)19(17-11-5-2-6-12-17)15-18-13-7-8-14-20-18;1-2(3)4/h16-20H,1-15H2;1H3,(H,3,4). The fraction of sp³-hybridized carbons (Fsp3) is 0.952. The van der Waals surface area contributed by atoms with Crippen LogP contribution in [-0.4, -0.2) is 23.7 Å². The van der Waals surface area contributed by atoms with Gasteiger partial charge >= 0.3 is 0 Å². The van der Waals surface area contributed by atoms with Gasteiger partial charge in [-0.1, -0.05) is 70.6 Å². The first-order valence-electron chi connectivity index (χ1n) is 10.6. The smallest absolute Gasteiger partial charge is 0.300 e. The van der Waals surface area contributed by atoms with Crippen molar-refractivity contribution in [2.45, 2.75) is 103 Å². The van der Waals surface area contributed by atoms with Gasteiger partial charge in [0, 0.05) is 13.0 Å². The summed E-state index contributed by atoms with van der Waals surface area (Å²) >= 11 is 0. The molecule has 1 heterocycles. The van der Waals surface area contributed by atoms with Crippen LogP contribution in [0, 0.1) is 17.8 Å². The van der Waals surface area contributed by atoms with E-state index in [1.54, 1.807) is 25.7 Å². The van der Waals surface area contributed by atoms with Gasteiger partial charge < -0.3 is 10.4 Å². The Balaban J connectivity index is 0.000000471. The lowest BCUT2D eigenvalue weighted by atomic mass is 9.67. The van der Waals surface area contributed by atoms with E-state index in [1.165, 1.54) is 70.8 Å². The van der Waals surface area contributed by atoms with Crippen LogP contribution in [0.25, 0.3) is 0 Å². The molecule has 1 atom stereocenters. The fourth-order valence-corrected chi connectivity index (χ4v) is 5.35. The molecule has 2 saturated carbocycles. The summed E-state index contributed by atoms with van der Waals surface area (Å²) in [5, 5.41) is 11.2. The van der Waals surface area contributed by atoms with E-state index in [-0.39, 0.29) is 0 Å². The Morgan fingerprint density at radius 3 is 1.75 bits per heavy atom. The maximum absolute atomic E-state index is 9.00. The summed E-state index contributed by atoms with van der Waals surface area (Å²) in [6, 6.07) is 0.859. The number of carbonyl (C=O) groups is 1. The number of aliphatic carboxylic acids is 1. The second-order valence-electron chi connectivity index (χ2n) is 8.36. The topological polar surface area (TPSA) is 49.3 Å². The van der Waals surface area contributed by atoms with Crippen molar-refractivity contribution in [3.63, 3.8) is 0 Å². The van der Waals surface area contributed by atoms with Gasteiger partial charge in [0.2, 0.25) is 0 Å². The zero-order valence-electron chi connectivity index (χ0n) is 15.8. The van der Waals surface area contributed by atoms with Crippen molar-refractivity contribution in [1.29, 1.82) is 0 Å². The fourth-order valence-electron chi connectivity index (χ4n) is 5.35. The van der Waals surface area contributed by atoms with Gasteiger partial charge in [-0.2, -0.15) is 0 Å². The Hall–Kier alpha value is -0.570. The molecule has 3 fully saturated rings. The van der Waals surface area contributed by atoms with E-state index in [4.69, 9.17) is 9.90 Å². The quantitative estimate of drug-likeness (QED) is 0.723. The molecular formula is C21H39NO2. The van der Waals surface area contributed by atoms with E-state index in [2.05, 4.69) is 5.32 Å². The van der Waals surface area contributed by atoms with Crippen LogP contribution < -0.4 is 5.32 Å². The summed E-state index contributed by atoms with van der Waals surface area (Å²) in [5.74, 6) is 2.39. The molecule has 1 aliphatic heterocycles. The van der Waals surface area contributed by atoms with Gasteiger partial charge in [-0.15, -0.1) is 0 Å². The normalized spacial score (nSPS) is 26.7. The molecular weight excluding hydrogens is 298 g/mol. The average Bonchev–Trinajstić information content (AvgIpc) is 2.62. The van der Waals surface area contributed by atoms with E-state index >= 15 is 0 Å². The van der Waals surface area contributed by atoms with Crippen molar-refractivity contribution in [3.05, 3.63) is 0 Å². The minimum atomic E-state index is -0.833. The molecule has 3 rings (SSSR count). The molecule has 3 nitrogen and oxygen atoms in total. The lowest BCUT2D eigenvalue weighted by Crippen LogP contribution is -2.39. The van der Waals surface area contributed by atoms with Crippen molar-refractivity contribution in [2.24, 2.45) is 17.8 Å². The number of carboxylic acids is 1. The third-order valence-corrected chi connectivity index (χ3v) is 6.48. The second kappa shape index (κ2) is 11.1. The molecule has 2 aliphatic carbocycles. The molecule has 140 valence electrons. The number of nitrogens with one attached hydrogen (secondary N) is 1. The largest absolute Gasteiger partial charge is 0.481 e. The Labute approximate surface area is 149 Å². The third kappa shape index (κ3) is 7.13. The Morgan fingerprint density at radius 1 is 0.875 bits per heavy atom. The summed E-state index contributed by atoms with van der Waals surface area (Å²) < 4.78 is 0. The molecule has 1 saturated heterocycles. The van der Waals surface area contributed by atoms with E-state index in [0.717, 1.165) is 30.7 Å². The minimum absolute atomic E-state index is 0.833. The van der Waals surface area contributed by atoms with Crippen molar-refractivity contribution >= 4 is 5.97 Å². The van der Waals surface area contributed by atoms with Gasteiger partial charge in [-0.3, -0.25) is 4.79 Å². The maximum Gasteiger partial charge on any atom is 0.300 e. The molecule has 0 spiro atoms. The Kier molecular flexibility index (Phi) is 9.15. The zero-order valence-corrected chi connectivity index (χ0v) is 15.8. The number of carboxylic acid groups (broad SMARTS) is 1. The number of piperidine rings is 1. The highest BCUT2D eigenvalue weighted by Crippen LogP contribution is 2.42. The Bertz CT molecular complexity index is 318. The van der Waals surface area contributed by atoms with Crippen LogP contribution in [0.2, 0.25) is 0 Å². The zero-order chi connectivity index (χ0) is 17.2. The van der Waals surface area contributed by atoms with Crippen LogP contribution in [0.15, 0.2) is 0 Å². The monoisotopic (exact) mass is 337 g/mol. The lowest BCUT2D eigenvalue weighted by molar-refractivity contribution is -0.134. The second-order valence-corrected chi connectivity index (χ2v) is 8.36. The molecule has 0 bridgehead atoms. The molecule has 24 heavy (non-hydrogen) atoms. The third-order valence-electron chi connectivity index (χ3n) is 6.48. The lowest BCUT2D eigenvalue weighted by Gasteiger charge is -2.40.